The van der Waals surface area contributed by atoms with E-state index in [9.17, 15) is 9.59 Å². The number of rotatable bonds is 3. The topological polar surface area (TPSA) is 73.4 Å². The molecule has 2 fully saturated rings. The molecule has 2 aliphatic heterocycles. The highest BCUT2D eigenvalue weighted by Gasteiger charge is 2.34. The number of nitrogens with one attached hydrogen (secondary N) is 2. The highest BCUT2D eigenvalue weighted by Crippen LogP contribution is 2.38. The first kappa shape index (κ1) is 19.4. The average molecular weight is 410 g/mol. The largest absolute Gasteiger partial charge is 0.369 e. The number of aromatic amines is 1. The van der Waals surface area contributed by atoms with Crippen molar-refractivity contribution >= 4 is 17.4 Å². The summed E-state index contributed by atoms with van der Waals surface area (Å²) in [5.74, 6) is 0.486. The van der Waals surface area contributed by atoms with Gasteiger partial charge in [-0.15, -0.1) is 0 Å². The number of anilines is 2. The molecule has 1 atom stereocenters. The second kappa shape index (κ2) is 7.95. The minimum absolute atomic E-state index is 0.0146. The Labute approximate surface area is 177 Å². The lowest BCUT2D eigenvalue weighted by atomic mass is 9.87. The zero-order valence-electron chi connectivity index (χ0n) is 17.7. The third-order valence-electron chi connectivity index (χ3n) is 7.06. The predicted octanol–water partition coefficient (Wildman–Crippen LogP) is 2.91. The number of H-pyrrole nitrogens is 1. The third kappa shape index (κ3) is 3.55. The van der Waals surface area contributed by atoms with E-state index in [-0.39, 0.29) is 23.4 Å². The van der Waals surface area contributed by atoms with Crippen molar-refractivity contribution in [3.05, 3.63) is 45.7 Å². The Bertz CT molecular complexity index is 962. The third-order valence-corrected chi connectivity index (χ3v) is 7.06. The summed E-state index contributed by atoms with van der Waals surface area (Å²) in [6.07, 6.45) is 6.02. The Hall–Kier alpha value is -2.54. The Kier molecular flexibility index (Phi) is 5.15. The van der Waals surface area contributed by atoms with Crippen LogP contribution in [0.3, 0.4) is 0 Å². The van der Waals surface area contributed by atoms with Crippen molar-refractivity contribution in [3.8, 4) is 0 Å². The van der Waals surface area contributed by atoms with E-state index >= 15 is 0 Å². The number of carbonyl (C=O) groups excluding carboxylic acids is 1. The molecule has 2 aromatic rings. The van der Waals surface area contributed by atoms with Gasteiger partial charge in [0.2, 0.25) is 5.91 Å². The van der Waals surface area contributed by atoms with Crippen LogP contribution in [-0.4, -0.2) is 53.8 Å². The lowest BCUT2D eigenvalue weighted by molar-refractivity contribution is -0.116. The lowest BCUT2D eigenvalue weighted by Gasteiger charge is -2.34. The van der Waals surface area contributed by atoms with Gasteiger partial charge in [-0.25, -0.2) is 0 Å². The van der Waals surface area contributed by atoms with Crippen molar-refractivity contribution in [2.75, 3.05) is 43.4 Å². The minimum atomic E-state index is -0.191. The van der Waals surface area contributed by atoms with Gasteiger partial charge in [-0.2, -0.15) is 0 Å². The molecule has 3 aliphatic rings. The quantitative estimate of drug-likeness (QED) is 0.818. The molecule has 1 saturated heterocycles. The van der Waals surface area contributed by atoms with Gasteiger partial charge >= 0.3 is 0 Å². The molecule has 1 unspecified atom stereocenters. The number of carbonyl (C=O) groups is 1. The number of benzene rings is 1. The highest BCUT2D eigenvalue weighted by atomic mass is 16.2. The molecule has 30 heavy (non-hydrogen) atoms. The van der Waals surface area contributed by atoms with Crippen LogP contribution in [0.1, 0.15) is 61.6 Å². The number of piperazine rings is 1. The molecule has 0 spiro atoms. The van der Waals surface area contributed by atoms with Gasteiger partial charge in [0.25, 0.3) is 5.56 Å². The summed E-state index contributed by atoms with van der Waals surface area (Å²) < 4.78 is 1.94. The molecule has 3 heterocycles. The SMILES string of the molecule is CN1CCN(c2ccc(C3CC(=O)Nc4c3c(=O)[nH]n4C3CCCCC3)cc2)CC1. The first-order chi connectivity index (χ1) is 14.6. The fourth-order valence-electron chi connectivity index (χ4n) is 5.26. The van der Waals surface area contributed by atoms with Crippen LogP contribution in [0, 0.1) is 0 Å². The van der Waals surface area contributed by atoms with Gasteiger partial charge in [-0.05, 0) is 37.6 Å². The van der Waals surface area contributed by atoms with E-state index < -0.39 is 0 Å². The van der Waals surface area contributed by atoms with Gasteiger partial charge in [0.05, 0.1) is 11.6 Å². The second-order valence-corrected chi connectivity index (χ2v) is 9.05. The van der Waals surface area contributed by atoms with Crippen LogP contribution in [0.4, 0.5) is 11.5 Å². The van der Waals surface area contributed by atoms with Crippen LogP contribution in [-0.2, 0) is 4.79 Å². The molecule has 0 bridgehead atoms. The molecule has 1 saturated carbocycles. The number of aromatic nitrogens is 2. The van der Waals surface area contributed by atoms with E-state index in [2.05, 4.69) is 51.5 Å². The minimum Gasteiger partial charge on any atom is -0.369 e. The van der Waals surface area contributed by atoms with Gasteiger partial charge < -0.3 is 15.1 Å². The maximum absolute atomic E-state index is 12.9. The lowest BCUT2D eigenvalue weighted by Crippen LogP contribution is -2.44. The second-order valence-electron chi connectivity index (χ2n) is 9.05. The fraction of sp³-hybridized carbons (Fsp3) is 0.565. The zero-order valence-corrected chi connectivity index (χ0v) is 17.7. The van der Waals surface area contributed by atoms with Crippen molar-refractivity contribution in [3.63, 3.8) is 0 Å². The summed E-state index contributed by atoms with van der Waals surface area (Å²) in [7, 11) is 2.16. The molecule has 7 nitrogen and oxygen atoms in total. The van der Waals surface area contributed by atoms with E-state index in [1.807, 2.05) is 4.68 Å². The van der Waals surface area contributed by atoms with E-state index in [1.54, 1.807) is 0 Å². The van der Waals surface area contributed by atoms with Crippen LogP contribution in [0.2, 0.25) is 0 Å². The van der Waals surface area contributed by atoms with Gasteiger partial charge in [-0.1, -0.05) is 31.4 Å². The molecule has 160 valence electrons. The maximum atomic E-state index is 12.9. The monoisotopic (exact) mass is 409 g/mol. The number of amides is 1. The van der Waals surface area contributed by atoms with Crippen molar-refractivity contribution in [1.29, 1.82) is 0 Å². The first-order valence-corrected chi connectivity index (χ1v) is 11.3. The van der Waals surface area contributed by atoms with E-state index in [0.29, 0.717) is 17.8 Å². The number of hydrogen-bond donors (Lipinski definition) is 2. The Morgan fingerprint density at radius 1 is 0.933 bits per heavy atom. The summed E-state index contributed by atoms with van der Waals surface area (Å²) in [5, 5.41) is 6.04. The van der Waals surface area contributed by atoms with Crippen LogP contribution < -0.4 is 15.8 Å². The molecule has 1 aromatic heterocycles. The van der Waals surface area contributed by atoms with Crippen LogP contribution >= 0.6 is 0 Å². The summed E-state index contributed by atoms with van der Waals surface area (Å²) in [4.78, 5) is 30.2. The molecule has 1 aromatic carbocycles. The highest BCUT2D eigenvalue weighted by molar-refractivity contribution is 5.94. The summed E-state index contributed by atoms with van der Waals surface area (Å²) in [6.45, 7) is 4.18. The van der Waals surface area contributed by atoms with Crippen molar-refractivity contribution in [2.45, 2.75) is 50.5 Å². The smallest absolute Gasteiger partial charge is 0.270 e. The van der Waals surface area contributed by atoms with E-state index in [4.69, 9.17) is 0 Å². The van der Waals surface area contributed by atoms with Crippen LogP contribution in [0.15, 0.2) is 29.1 Å². The zero-order chi connectivity index (χ0) is 20.7. The maximum Gasteiger partial charge on any atom is 0.270 e. The van der Waals surface area contributed by atoms with Crippen molar-refractivity contribution in [1.82, 2.24) is 14.7 Å². The summed E-state index contributed by atoms with van der Waals surface area (Å²) in [5.41, 5.74) is 2.90. The molecule has 5 rings (SSSR count). The number of hydrogen-bond acceptors (Lipinski definition) is 4. The molecular weight excluding hydrogens is 378 g/mol. The first-order valence-electron chi connectivity index (χ1n) is 11.3. The number of fused-ring (bicyclic) bond motifs is 1. The summed E-state index contributed by atoms with van der Waals surface area (Å²) in [6, 6.07) is 8.74. The Morgan fingerprint density at radius 2 is 1.63 bits per heavy atom. The van der Waals surface area contributed by atoms with E-state index in [0.717, 1.165) is 44.6 Å². The Balaban J connectivity index is 1.44. The van der Waals surface area contributed by atoms with Crippen molar-refractivity contribution in [2.24, 2.45) is 0 Å². The molecule has 1 amide bonds. The normalized spacial score (nSPS) is 23.3. The predicted molar refractivity (Wildman–Crippen MR) is 118 cm³/mol. The average Bonchev–Trinajstić information content (AvgIpc) is 3.11. The molecule has 0 radical (unpaired) electrons. The van der Waals surface area contributed by atoms with Gasteiger partial charge in [0.15, 0.2) is 0 Å². The molecule has 7 heteroatoms. The molecular formula is C23H31N5O2. The van der Waals surface area contributed by atoms with Gasteiger partial charge in [0.1, 0.15) is 5.82 Å². The van der Waals surface area contributed by atoms with Gasteiger partial charge in [-0.3, -0.25) is 19.4 Å². The molecule has 1 aliphatic carbocycles. The van der Waals surface area contributed by atoms with Gasteiger partial charge in [0, 0.05) is 44.2 Å². The fourth-order valence-corrected chi connectivity index (χ4v) is 5.26. The summed E-state index contributed by atoms with van der Waals surface area (Å²) >= 11 is 0. The number of likely N-dealkylation sites (N-methyl/N-ethyl adjacent to an activating group) is 1. The van der Waals surface area contributed by atoms with E-state index in [1.165, 1.54) is 24.9 Å². The van der Waals surface area contributed by atoms with Crippen LogP contribution in [0.25, 0.3) is 0 Å². The molecule has 2 N–H and O–H groups in total. The van der Waals surface area contributed by atoms with Crippen molar-refractivity contribution < 1.29 is 4.79 Å². The number of nitrogens with zero attached hydrogens (tertiary/aromatic N) is 3. The Morgan fingerprint density at radius 3 is 2.33 bits per heavy atom. The van der Waals surface area contributed by atoms with Crippen LogP contribution in [0.5, 0.6) is 0 Å². The standard InChI is InChI=1S/C23H31N5O2/c1-26-11-13-27(14-12-26)17-9-7-16(8-10-17)19-15-20(29)24-22-21(19)23(30)25-28(22)18-5-3-2-4-6-18/h7-10,18-19H,2-6,11-15H2,1H3,(H,24,29)(H,25,30).